The molecule has 0 aliphatic rings. The van der Waals surface area contributed by atoms with Crippen molar-refractivity contribution in [3.05, 3.63) is 52.1 Å². The first kappa shape index (κ1) is 20.1. The van der Waals surface area contributed by atoms with Crippen molar-refractivity contribution in [2.45, 2.75) is 13.8 Å². The number of phenolic OH excluding ortho intramolecular Hbond substituents is 1. The van der Waals surface area contributed by atoms with Crippen LogP contribution in [-0.4, -0.2) is 24.7 Å². The smallest absolute Gasteiger partial charge is 0.266 e. The van der Waals surface area contributed by atoms with E-state index in [4.69, 9.17) is 21.1 Å². The van der Waals surface area contributed by atoms with Crippen LogP contribution in [0.2, 0.25) is 5.02 Å². The van der Waals surface area contributed by atoms with Crippen molar-refractivity contribution in [3.8, 4) is 23.3 Å². The Bertz CT molecular complexity index is 932. The molecule has 0 aliphatic carbocycles. The molecule has 0 bridgehead atoms. The van der Waals surface area contributed by atoms with E-state index in [0.29, 0.717) is 23.6 Å². The highest BCUT2D eigenvalue weighted by Gasteiger charge is 2.14. The van der Waals surface area contributed by atoms with Crippen molar-refractivity contribution in [2.24, 2.45) is 0 Å². The van der Waals surface area contributed by atoms with Gasteiger partial charge in [0.2, 0.25) is 0 Å². The molecule has 2 aromatic rings. The number of rotatable bonds is 6. The average molecular weight is 387 g/mol. The van der Waals surface area contributed by atoms with Crippen molar-refractivity contribution >= 4 is 29.3 Å². The second kappa shape index (κ2) is 8.97. The van der Waals surface area contributed by atoms with Crippen LogP contribution in [0.15, 0.2) is 35.9 Å². The first-order valence-corrected chi connectivity index (χ1v) is 8.50. The first-order chi connectivity index (χ1) is 12.9. The highest BCUT2D eigenvalue weighted by Crippen LogP contribution is 2.36. The number of nitriles is 1. The maximum absolute atomic E-state index is 12.5. The van der Waals surface area contributed by atoms with Crippen LogP contribution in [0.25, 0.3) is 6.08 Å². The Morgan fingerprint density at radius 1 is 1.33 bits per heavy atom. The van der Waals surface area contributed by atoms with Crippen LogP contribution in [0, 0.1) is 18.3 Å². The summed E-state index contributed by atoms with van der Waals surface area (Å²) in [5, 5.41) is 22.0. The number of nitrogens with one attached hydrogen (secondary N) is 1. The van der Waals surface area contributed by atoms with Gasteiger partial charge in [0, 0.05) is 0 Å². The van der Waals surface area contributed by atoms with Crippen LogP contribution >= 0.6 is 11.6 Å². The number of hydrogen-bond donors (Lipinski definition) is 2. The summed E-state index contributed by atoms with van der Waals surface area (Å²) in [6.07, 6.45) is 1.37. The van der Waals surface area contributed by atoms with E-state index in [-0.39, 0.29) is 22.1 Å². The van der Waals surface area contributed by atoms with Crippen LogP contribution in [0.5, 0.6) is 17.2 Å². The molecule has 0 spiro atoms. The Morgan fingerprint density at radius 2 is 2.07 bits per heavy atom. The molecule has 0 atom stereocenters. The zero-order valence-electron chi connectivity index (χ0n) is 15.2. The maximum atomic E-state index is 12.5. The molecule has 0 aromatic heterocycles. The molecule has 0 radical (unpaired) electrons. The summed E-state index contributed by atoms with van der Waals surface area (Å²) in [4.78, 5) is 12.5. The van der Waals surface area contributed by atoms with Gasteiger partial charge in [0.1, 0.15) is 17.4 Å². The van der Waals surface area contributed by atoms with Crippen molar-refractivity contribution in [2.75, 3.05) is 19.0 Å². The number of amides is 1. The SMILES string of the molecule is CCOc1cc(/C=C(\C#N)C(=O)Nc2cc(C)ccc2OC)cc(Cl)c1O. The van der Waals surface area contributed by atoms with Crippen LogP contribution in [0.1, 0.15) is 18.1 Å². The minimum Gasteiger partial charge on any atom is -0.503 e. The van der Waals surface area contributed by atoms with Crippen LogP contribution in [-0.2, 0) is 4.79 Å². The van der Waals surface area contributed by atoms with Gasteiger partial charge in [-0.05, 0) is 55.3 Å². The fraction of sp³-hybridized carbons (Fsp3) is 0.200. The van der Waals surface area contributed by atoms with Gasteiger partial charge in [0.25, 0.3) is 5.91 Å². The van der Waals surface area contributed by atoms with E-state index in [9.17, 15) is 15.2 Å². The summed E-state index contributed by atoms with van der Waals surface area (Å²) in [7, 11) is 1.50. The predicted molar refractivity (Wildman–Crippen MR) is 104 cm³/mol. The van der Waals surface area contributed by atoms with Gasteiger partial charge in [-0.15, -0.1) is 0 Å². The van der Waals surface area contributed by atoms with Gasteiger partial charge in [0.05, 0.1) is 24.4 Å². The van der Waals surface area contributed by atoms with Gasteiger partial charge < -0.3 is 19.9 Å². The minimum atomic E-state index is -0.594. The molecular weight excluding hydrogens is 368 g/mol. The molecule has 2 aromatic carbocycles. The van der Waals surface area contributed by atoms with Gasteiger partial charge in [0.15, 0.2) is 11.5 Å². The highest BCUT2D eigenvalue weighted by molar-refractivity contribution is 6.32. The van der Waals surface area contributed by atoms with E-state index in [1.165, 1.54) is 25.3 Å². The summed E-state index contributed by atoms with van der Waals surface area (Å²) in [5.74, 6) is -0.126. The maximum Gasteiger partial charge on any atom is 0.266 e. The number of carbonyl (C=O) groups is 1. The number of halogens is 1. The highest BCUT2D eigenvalue weighted by atomic mass is 35.5. The molecule has 0 fully saturated rings. The van der Waals surface area contributed by atoms with Crippen molar-refractivity contribution in [1.82, 2.24) is 0 Å². The lowest BCUT2D eigenvalue weighted by Crippen LogP contribution is -2.14. The fourth-order valence-electron chi connectivity index (χ4n) is 2.37. The zero-order valence-corrected chi connectivity index (χ0v) is 15.9. The lowest BCUT2D eigenvalue weighted by atomic mass is 10.1. The topological polar surface area (TPSA) is 91.6 Å². The number of hydrogen-bond acceptors (Lipinski definition) is 5. The van der Waals surface area contributed by atoms with Gasteiger partial charge in [-0.2, -0.15) is 5.26 Å². The zero-order chi connectivity index (χ0) is 20.0. The molecule has 2 N–H and O–H groups in total. The largest absolute Gasteiger partial charge is 0.503 e. The molecular formula is C20H19ClN2O4. The Balaban J connectivity index is 2.35. The number of anilines is 1. The number of carbonyl (C=O) groups excluding carboxylic acids is 1. The molecule has 0 unspecified atom stereocenters. The molecule has 1 amide bonds. The number of nitrogens with zero attached hydrogens (tertiary/aromatic N) is 1. The monoisotopic (exact) mass is 386 g/mol. The molecule has 0 heterocycles. The third kappa shape index (κ3) is 4.93. The molecule has 27 heavy (non-hydrogen) atoms. The standard InChI is InChI=1S/C20H19ClN2O4/c1-4-27-18-10-13(9-15(21)19(18)24)8-14(11-22)20(25)23-16-7-12(2)5-6-17(16)26-3/h5-10,24H,4H2,1-3H3,(H,23,25)/b14-8+. The van der Waals surface area contributed by atoms with Crippen LogP contribution in [0.3, 0.4) is 0 Å². The van der Waals surface area contributed by atoms with E-state index >= 15 is 0 Å². The summed E-state index contributed by atoms with van der Waals surface area (Å²) in [6, 6.07) is 10.1. The summed E-state index contributed by atoms with van der Waals surface area (Å²) in [5.41, 5.74) is 1.70. The normalized spacial score (nSPS) is 10.9. The van der Waals surface area contributed by atoms with E-state index in [2.05, 4.69) is 5.32 Å². The van der Waals surface area contributed by atoms with Crippen LogP contribution < -0.4 is 14.8 Å². The van der Waals surface area contributed by atoms with E-state index in [0.717, 1.165) is 5.56 Å². The molecule has 2 rings (SSSR count). The predicted octanol–water partition coefficient (Wildman–Crippen LogP) is 4.31. The molecule has 0 saturated carbocycles. The lowest BCUT2D eigenvalue weighted by Gasteiger charge is -2.11. The molecule has 140 valence electrons. The third-order valence-corrected chi connectivity index (χ3v) is 3.92. The molecule has 0 aliphatic heterocycles. The number of methoxy groups -OCH3 is 1. The summed E-state index contributed by atoms with van der Waals surface area (Å²) >= 11 is 5.99. The Labute approximate surface area is 162 Å². The van der Waals surface area contributed by atoms with E-state index < -0.39 is 5.91 Å². The second-order valence-corrected chi connectivity index (χ2v) is 6.02. The number of aryl methyl sites for hydroxylation is 1. The quantitative estimate of drug-likeness (QED) is 0.570. The number of ether oxygens (including phenoxy) is 2. The second-order valence-electron chi connectivity index (χ2n) is 5.61. The van der Waals surface area contributed by atoms with E-state index in [1.807, 2.05) is 19.1 Å². The molecule has 7 heteroatoms. The van der Waals surface area contributed by atoms with Crippen molar-refractivity contribution < 1.29 is 19.4 Å². The summed E-state index contributed by atoms with van der Waals surface area (Å²) in [6.45, 7) is 3.97. The van der Waals surface area contributed by atoms with Crippen molar-refractivity contribution in [3.63, 3.8) is 0 Å². The number of aromatic hydroxyl groups is 1. The average Bonchev–Trinajstić information content (AvgIpc) is 2.64. The Hall–Kier alpha value is -3.17. The number of phenols is 1. The molecule has 6 nitrogen and oxygen atoms in total. The summed E-state index contributed by atoms with van der Waals surface area (Å²) < 4.78 is 10.5. The van der Waals surface area contributed by atoms with Gasteiger partial charge in [-0.25, -0.2) is 0 Å². The third-order valence-electron chi connectivity index (χ3n) is 3.63. The Morgan fingerprint density at radius 3 is 2.70 bits per heavy atom. The van der Waals surface area contributed by atoms with Crippen LogP contribution in [0.4, 0.5) is 5.69 Å². The lowest BCUT2D eigenvalue weighted by molar-refractivity contribution is -0.112. The van der Waals surface area contributed by atoms with E-state index in [1.54, 1.807) is 19.1 Å². The molecule has 0 saturated heterocycles. The van der Waals surface area contributed by atoms with Crippen molar-refractivity contribution in [1.29, 1.82) is 5.26 Å². The first-order valence-electron chi connectivity index (χ1n) is 8.12. The fourth-order valence-corrected chi connectivity index (χ4v) is 2.59. The van der Waals surface area contributed by atoms with Gasteiger partial charge in [-0.3, -0.25) is 4.79 Å². The minimum absolute atomic E-state index is 0.0604. The Kier molecular flexibility index (Phi) is 6.69. The van der Waals surface area contributed by atoms with Gasteiger partial charge >= 0.3 is 0 Å². The number of benzene rings is 2. The van der Waals surface area contributed by atoms with Gasteiger partial charge in [-0.1, -0.05) is 17.7 Å².